The third kappa shape index (κ3) is 4.47. The molecule has 0 atom stereocenters. The average Bonchev–Trinajstić information content (AvgIpc) is 2.72. The van der Waals surface area contributed by atoms with Crippen molar-refractivity contribution in [1.29, 1.82) is 0 Å². The summed E-state index contributed by atoms with van der Waals surface area (Å²) in [4.78, 5) is 1.66. The lowest BCUT2D eigenvalue weighted by Crippen LogP contribution is -2.29. The first-order valence-corrected chi connectivity index (χ1v) is 6.09. The van der Waals surface area contributed by atoms with Crippen LogP contribution in [0.5, 0.6) is 0 Å². The van der Waals surface area contributed by atoms with Gasteiger partial charge >= 0.3 is 6.18 Å². The highest BCUT2D eigenvalue weighted by molar-refractivity contribution is 7.15. The number of anilines is 1. The molecule has 0 aliphatic heterocycles. The first kappa shape index (κ1) is 14.2. The van der Waals surface area contributed by atoms with Gasteiger partial charge in [0, 0.05) is 20.1 Å². The highest BCUT2D eigenvalue weighted by Gasteiger charge is 2.35. The Morgan fingerprint density at radius 1 is 1.29 bits per heavy atom. The van der Waals surface area contributed by atoms with Crippen LogP contribution in [0.1, 0.15) is 18.4 Å². The van der Waals surface area contributed by atoms with Crippen molar-refractivity contribution in [2.45, 2.75) is 19.5 Å². The normalized spacial score (nSPS) is 11.8. The zero-order valence-corrected chi connectivity index (χ0v) is 10.5. The number of nitrogens with one attached hydrogen (secondary N) is 1. The Bertz CT molecular complexity index is 339. The number of aromatic nitrogens is 2. The van der Waals surface area contributed by atoms with Crippen LogP contribution in [0, 0.1) is 0 Å². The number of nitrogens with zero attached hydrogens (tertiary/aromatic N) is 3. The number of hydrogen-bond acceptors (Lipinski definition) is 5. The number of rotatable bonds is 6. The van der Waals surface area contributed by atoms with Crippen molar-refractivity contribution in [2.75, 3.05) is 31.6 Å². The third-order valence-corrected chi connectivity index (χ3v) is 3.12. The zero-order chi connectivity index (χ0) is 12.9. The van der Waals surface area contributed by atoms with E-state index >= 15 is 0 Å². The lowest BCUT2D eigenvalue weighted by Gasteiger charge is -2.14. The summed E-state index contributed by atoms with van der Waals surface area (Å²) in [5.74, 6) is 0. The molecular formula is C9H15F3N4S. The molecule has 98 valence electrons. The Balaban J connectivity index is 2.47. The molecule has 1 heterocycles. The Kier molecular flexibility index (Phi) is 5.13. The second-order valence-corrected chi connectivity index (χ2v) is 4.52. The third-order valence-electron chi connectivity index (χ3n) is 2.03. The molecule has 1 rings (SSSR count). The molecule has 0 unspecified atom stereocenters. The largest absolute Gasteiger partial charge is 0.445 e. The Morgan fingerprint density at radius 3 is 2.53 bits per heavy atom. The lowest BCUT2D eigenvalue weighted by molar-refractivity contribution is -0.138. The van der Waals surface area contributed by atoms with Gasteiger partial charge in [-0.15, -0.1) is 10.2 Å². The quantitative estimate of drug-likeness (QED) is 0.801. The van der Waals surface area contributed by atoms with E-state index in [9.17, 15) is 13.2 Å². The van der Waals surface area contributed by atoms with Gasteiger partial charge in [-0.25, -0.2) is 0 Å². The summed E-state index contributed by atoms with van der Waals surface area (Å²) >= 11 is 0.563. The fourth-order valence-electron chi connectivity index (χ4n) is 1.13. The minimum atomic E-state index is -4.41. The molecule has 0 aromatic carbocycles. The van der Waals surface area contributed by atoms with E-state index in [2.05, 4.69) is 22.4 Å². The van der Waals surface area contributed by atoms with Crippen LogP contribution in [0.3, 0.4) is 0 Å². The van der Waals surface area contributed by atoms with E-state index in [1.165, 1.54) is 0 Å². The lowest BCUT2D eigenvalue weighted by atomic mass is 10.4. The number of hydrogen-bond donors (Lipinski definition) is 1. The molecular weight excluding hydrogens is 253 g/mol. The molecule has 0 spiro atoms. The van der Waals surface area contributed by atoms with Crippen molar-refractivity contribution in [1.82, 2.24) is 15.5 Å². The van der Waals surface area contributed by atoms with Gasteiger partial charge in [-0.2, -0.15) is 13.2 Å². The highest BCUT2D eigenvalue weighted by Crippen LogP contribution is 2.33. The van der Waals surface area contributed by atoms with Crippen molar-refractivity contribution >= 4 is 16.5 Å². The van der Waals surface area contributed by atoms with Crippen molar-refractivity contribution in [3.8, 4) is 0 Å². The van der Waals surface area contributed by atoms with E-state index in [0.29, 0.717) is 24.4 Å². The van der Waals surface area contributed by atoms with E-state index in [1.807, 2.05) is 0 Å². The summed E-state index contributed by atoms with van der Waals surface area (Å²) in [6.45, 7) is 4.27. The fraction of sp³-hybridized carbons (Fsp3) is 0.778. The maximum atomic E-state index is 12.3. The molecule has 17 heavy (non-hydrogen) atoms. The summed E-state index contributed by atoms with van der Waals surface area (Å²) < 4.78 is 36.9. The van der Waals surface area contributed by atoms with Gasteiger partial charge in [-0.1, -0.05) is 18.3 Å². The highest BCUT2D eigenvalue weighted by atomic mass is 32.1. The van der Waals surface area contributed by atoms with E-state index in [-0.39, 0.29) is 5.13 Å². The predicted molar refractivity (Wildman–Crippen MR) is 61.3 cm³/mol. The molecule has 0 aliphatic carbocycles. The first-order valence-electron chi connectivity index (χ1n) is 5.27. The number of halogens is 3. The van der Waals surface area contributed by atoms with Crippen LogP contribution in [-0.2, 0) is 6.18 Å². The van der Waals surface area contributed by atoms with Gasteiger partial charge in [-0.05, 0) is 13.0 Å². The fourth-order valence-corrected chi connectivity index (χ4v) is 1.83. The Labute approximate surface area is 102 Å². The molecule has 0 bridgehead atoms. The maximum absolute atomic E-state index is 12.3. The molecule has 1 N–H and O–H groups in total. The molecule has 1 aromatic heterocycles. The molecule has 0 saturated heterocycles. The number of likely N-dealkylation sites (N-methyl/N-ethyl adjacent to an activating group) is 1. The molecule has 0 saturated carbocycles. The van der Waals surface area contributed by atoms with Crippen LogP contribution < -0.4 is 10.2 Å². The first-order chi connectivity index (χ1) is 7.95. The van der Waals surface area contributed by atoms with Crippen LogP contribution in [-0.4, -0.2) is 36.9 Å². The van der Waals surface area contributed by atoms with Crippen molar-refractivity contribution < 1.29 is 13.2 Å². The second-order valence-electron chi connectivity index (χ2n) is 3.56. The molecule has 4 nitrogen and oxygen atoms in total. The van der Waals surface area contributed by atoms with Gasteiger partial charge in [0.15, 0.2) is 0 Å². The van der Waals surface area contributed by atoms with Gasteiger partial charge in [0.05, 0.1) is 0 Å². The minimum Gasteiger partial charge on any atom is -0.348 e. The summed E-state index contributed by atoms with van der Waals surface area (Å²) in [6.07, 6.45) is -3.38. The summed E-state index contributed by atoms with van der Waals surface area (Å²) in [5.41, 5.74) is 0. The summed E-state index contributed by atoms with van der Waals surface area (Å²) in [7, 11) is 1.70. The maximum Gasteiger partial charge on any atom is 0.445 e. The molecule has 0 fully saturated rings. The summed E-state index contributed by atoms with van der Waals surface area (Å²) in [5, 5.41) is 9.21. The molecule has 0 amide bonds. The predicted octanol–water partition coefficient (Wildman–Crippen LogP) is 1.99. The van der Waals surface area contributed by atoms with Crippen molar-refractivity contribution in [3.05, 3.63) is 5.01 Å². The van der Waals surface area contributed by atoms with Gasteiger partial charge in [-0.3, -0.25) is 0 Å². The average molecular weight is 268 g/mol. The molecule has 0 aliphatic rings. The SMILES string of the molecule is CCCNCCN(C)c1nnc(C(F)(F)F)s1. The second kappa shape index (κ2) is 6.15. The van der Waals surface area contributed by atoms with Crippen LogP contribution in [0.15, 0.2) is 0 Å². The van der Waals surface area contributed by atoms with Gasteiger partial charge in [0.1, 0.15) is 0 Å². The topological polar surface area (TPSA) is 41.0 Å². The monoisotopic (exact) mass is 268 g/mol. The smallest absolute Gasteiger partial charge is 0.348 e. The zero-order valence-electron chi connectivity index (χ0n) is 9.71. The Morgan fingerprint density at radius 2 is 2.00 bits per heavy atom. The van der Waals surface area contributed by atoms with Crippen LogP contribution in [0.2, 0.25) is 0 Å². The molecule has 8 heteroatoms. The van der Waals surface area contributed by atoms with Crippen molar-refractivity contribution in [2.24, 2.45) is 0 Å². The van der Waals surface area contributed by atoms with Crippen LogP contribution in [0.25, 0.3) is 0 Å². The van der Waals surface area contributed by atoms with E-state index < -0.39 is 11.2 Å². The minimum absolute atomic E-state index is 0.288. The van der Waals surface area contributed by atoms with Gasteiger partial charge in [0.2, 0.25) is 10.1 Å². The van der Waals surface area contributed by atoms with Gasteiger partial charge < -0.3 is 10.2 Å². The van der Waals surface area contributed by atoms with E-state index in [0.717, 1.165) is 13.0 Å². The summed E-state index contributed by atoms with van der Waals surface area (Å²) in [6, 6.07) is 0. The standard InChI is InChI=1S/C9H15F3N4S/c1-3-4-13-5-6-16(2)8-15-14-7(17-8)9(10,11)12/h13H,3-6H2,1-2H3. The Hall–Kier alpha value is -0.890. The van der Waals surface area contributed by atoms with Crippen LogP contribution >= 0.6 is 11.3 Å². The van der Waals surface area contributed by atoms with E-state index in [4.69, 9.17) is 0 Å². The number of alkyl halides is 3. The van der Waals surface area contributed by atoms with Crippen LogP contribution in [0.4, 0.5) is 18.3 Å². The van der Waals surface area contributed by atoms with Gasteiger partial charge in [0.25, 0.3) is 0 Å². The van der Waals surface area contributed by atoms with E-state index in [1.54, 1.807) is 11.9 Å². The molecule has 1 aromatic rings. The molecule has 0 radical (unpaired) electrons. The van der Waals surface area contributed by atoms with Crippen molar-refractivity contribution in [3.63, 3.8) is 0 Å².